The SMILES string of the molecule is O=C(NCc1cccs1)N(Cc1ccccc1)c1ccccc1. The molecule has 0 spiro atoms. The van der Waals surface area contributed by atoms with Crippen LogP contribution < -0.4 is 10.2 Å². The van der Waals surface area contributed by atoms with E-state index in [4.69, 9.17) is 0 Å². The third-order valence-corrected chi connectivity index (χ3v) is 4.37. The predicted molar refractivity (Wildman–Crippen MR) is 95.6 cm³/mol. The molecule has 0 fully saturated rings. The topological polar surface area (TPSA) is 32.3 Å². The Bertz CT molecular complexity index is 727. The predicted octanol–water partition coefficient (Wildman–Crippen LogP) is 4.66. The van der Waals surface area contributed by atoms with Crippen LogP contribution in [0.2, 0.25) is 0 Å². The zero-order valence-electron chi connectivity index (χ0n) is 12.7. The fourth-order valence-corrected chi connectivity index (χ4v) is 2.97. The second-order valence-corrected chi connectivity index (χ2v) is 6.18. The number of hydrogen-bond donors (Lipinski definition) is 1. The van der Waals surface area contributed by atoms with Crippen molar-refractivity contribution < 1.29 is 4.79 Å². The van der Waals surface area contributed by atoms with Crippen molar-refractivity contribution >= 4 is 23.1 Å². The summed E-state index contributed by atoms with van der Waals surface area (Å²) >= 11 is 1.64. The molecule has 1 aromatic heterocycles. The molecule has 116 valence electrons. The number of urea groups is 1. The van der Waals surface area contributed by atoms with Crippen molar-refractivity contribution in [2.75, 3.05) is 4.90 Å². The molecular formula is C19H18N2OS. The van der Waals surface area contributed by atoms with Crippen LogP contribution in [-0.4, -0.2) is 6.03 Å². The lowest BCUT2D eigenvalue weighted by Crippen LogP contribution is -2.39. The van der Waals surface area contributed by atoms with Crippen molar-refractivity contribution in [3.05, 3.63) is 88.6 Å². The number of nitrogens with one attached hydrogen (secondary N) is 1. The highest BCUT2D eigenvalue weighted by Crippen LogP contribution is 2.17. The van der Waals surface area contributed by atoms with Crippen LogP contribution in [0.4, 0.5) is 10.5 Å². The van der Waals surface area contributed by atoms with Gasteiger partial charge in [0.2, 0.25) is 0 Å². The number of thiophene rings is 1. The van der Waals surface area contributed by atoms with Crippen LogP contribution >= 0.6 is 11.3 Å². The molecule has 4 heteroatoms. The zero-order valence-corrected chi connectivity index (χ0v) is 13.5. The molecule has 2 amide bonds. The Morgan fingerprint density at radius 3 is 2.26 bits per heavy atom. The van der Waals surface area contributed by atoms with E-state index in [9.17, 15) is 4.79 Å². The van der Waals surface area contributed by atoms with Gasteiger partial charge in [-0.2, -0.15) is 0 Å². The molecule has 3 aromatic rings. The van der Waals surface area contributed by atoms with Gasteiger partial charge in [0, 0.05) is 10.6 Å². The summed E-state index contributed by atoms with van der Waals surface area (Å²) in [5.74, 6) is 0. The molecule has 23 heavy (non-hydrogen) atoms. The monoisotopic (exact) mass is 322 g/mol. The Morgan fingerprint density at radius 1 is 0.913 bits per heavy atom. The molecule has 1 heterocycles. The van der Waals surface area contributed by atoms with Crippen LogP contribution in [0.5, 0.6) is 0 Å². The normalized spacial score (nSPS) is 10.3. The van der Waals surface area contributed by atoms with E-state index in [2.05, 4.69) is 5.32 Å². The van der Waals surface area contributed by atoms with Gasteiger partial charge < -0.3 is 5.32 Å². The van der Waals surface area contributed by atoms with Crippen molar-refractivity contribution in [1.29, 1.82) is 0 Å². The summed E-state index contributed by atoms with van der Waals surface area (Å²) in [6.07, 6.45) is 0. The second kappa shape index (κ2) is 7.61. The molecule has 3 rings (SSSR count). The fraction of sp³-hybridized carbons (Fsp3) is 0.105. The summed E-state index contributed by atoms with van der Waals surface area (Å²) in [5, 5.41) is 5.02. The molecule has 0 aliphatic rings. The molecule has 0 aliphatic carbocycles. The maximum Gasteiger partial charge on any atom is 0.322 e. The molecule has 0 bridgehead atoms. The molecule has 0 saturated carbocycles. The van der Waals surface area contributed by atoms with Gasteiger partial charge in [-0.25, -0.2) is 4.79 Å². The molecule has 2 aromatic carbocycles. The van der Waals surface area contributed by atoms with E-state index in [1.165, 1.54) is 0 Å². The number of nitrogens with zero attached hydrogens (tertiary/aromatic N) is 1. The number of carbonyl (C=O) groups is 1. The van der Waals surface area contributed by atoms with Gasteiger partial charge in [-0.05, 0) is 29.1 Å². The fourth-order valence-electron chi connectivity index (χ4n) is 2.33. The minimum absolute atomic E-state index is 0.0894. The zero-order chi connectivity index (χ0) is 15.9. The van der Waals surface area contributed by atoms with Crippen molar-refractivity contribution in [3.8, 4) is 0 Å². The van der Waals surface area contributed by atoms with Gasteiger partial charge in [0.1, 0.15) is 0 Å². The van der Waals surface area contributed by atoms with E-state index < -0.39 is 0 Å². The largest absolute Gasteiger partial charge is 0.333 e. The van der Waals surface area contributed by atoms with Crippen molar-refractivity contribution in [2.45, 2.75) is 13.1 Å². The first-order valence-corrected chi connectivity index (χ1v) is 8.37. The third-order valence-electron chi connectivity index (χ3n) is 3.49. The van der Waals surface area contributed by atoms with Crippen molar-refractivity contribution in [2.24, 2.45) is 0 Å². The Morgan fingerprint density at radius 2 is 1.61 bits per heavy atom. The summed E-state index contributed by atoms with van der Waals surface area (Å²) in [6.45, 7) is 1.09. The smallest absolute Gasteiger partial charge is 0.322 e. The van der Waals surface area contributed by atoms with Crippen LogP contribution in [0, 0.1) is 0 Å². The van der Waals surface area contributed by atoms with Gasteiger partial charge in [0.15, 0.2) is 0 Å². The van der Waals surface area contributed by atoms with Crippen LogP contribution in [-0.2, 0) is 13.1 Å². The van der Waals surface area contributed by atoms with Gasteiger partial charge in [-0.1, -0.05) is 54.6 Å². The number of rotatable bonds is 5. The highest BCUT2D eigenvalue weighted by molar-refractivity contribution is 7.09. The molecule has 3 nitrogen and oxygen atoms in total. The number of anilines is 1. The van der Waals surface area contributed by atoms with E-state index >= 15 is 0 Å². The van der Waals surface area contributed by atoms with Crippen molar-refractivity contribution in [1.82, 2.24) is 5.32 Å². The Hall–Kier alpha value is -2.59. The molecule has 0 aliphatic heterocycles. The lowest BCUT2D eigenvalue weighted by Gasteiger charge is -2.23. The lowest BCUT2D eigenvalue weighted by molar-refractivity contribution is 0.245. The van der Waals surface area contributed by atoms with Crippen LogP contribution in [0.25, 0.3) is 0 Å². The van der Waals surface area contributed by atoms with E-state index in [0.29, 0.717) is 13.1 Å². The average molecular weight is 322 g/mol. The maximum atomic E-state index is 12.7. The van der Waals surface area contributed by atoms with Crippen molar-refractivity contribution in [3.63, 3.8) is 0 Å². The Balaban J connectivity index is 1.75. The molecular weight excluding hydrogens is 304 g/mol. The van der Waals surface area contributed by atoms with Crippen LogP contribution in [0.15, 0.2) is 78.2 Å². The van der Waals surface area contributed by atoms with Crippen LogP contribution in [0.1, 0.15) is 10.4 Å². The van der Waals surface area contributed by atoms with Gasteiger partial charge in [0.25, 0.3) is 0 Å². The van der Waals surface area contributed by atoms with E-state index in [-0.39, 0.29) is 6.03 Å². The molecule has 0 radical (unpaired) electrons. The van der Waals surface area contributed by atoms with Gasteiger partial charge in [-0.15, -0.1) is 11.3 Å². The summed E-state index contributed by atoms with van der Waals surface area (Å²) in [4.78, 5) is 15.6. The number of amides is 2. The minimum Gasteiger partial charge on any atom is -0.333 e. The van der Waals surface area contributed by atoms with E-state index in [0.717, 1.165) is 16.1 Å². The number of hydrogen-bond acceptors (Lipinski definition) is 2. The standard InChI is InChI=1S/C19H18N2OS/c22-19(20-14-18-12-7-13-23-18)21(17-10-5-2-6-11-17)15-16-8-3-1-4-9-16/h1-13H,14-15H2,(H,20,22). The lowest BCUT2D eigenvalue weighted by atomic mass is 10.2. The Labute approximate surface area is 140 Å². The number of carbonyl (C=O) groups excluding carboxylic acids is 1. The highest BCUT2D eigenvalue weighted by Gasteiger charge is 2.15. The third kappa shape index (κ3) is 4.20. The number of para-hydroxylation sites is 1. The second-order valence-electron chi connectivity index (χ2n) is 5.15. The van der Waals surface area contributed by atoms with Gasteiger partial charge >= 0.3 is 6.03 Å². The molecule has 1 N–H and O–H groups in total. The van der Waals surface area contributed by atoms with E-state index in [1.54, 1.807) is 16.2 Å². The molecule has 0 atom stereocenters. The summed E-state index contributed by atoms with van der Waals surface area (Å²) in [5.41, 5.74) is 1.99. The first kappa shape index (κ1) is 15.3. The maximum absolute atomic E-state index is 12.7. The molecule has 0 saturated heterocycles. The highest BCUT2D eigenvalue weighted by atomic mass is 32.1. The molecule has 0 unspecified atom stereocenters. The average Bonchev–Trinajstić information content (AvgIpc) is 3.13. The minimum atomic E-state index is -0.0894. The first-order valence-electron chi connectivity index (χ1n) is 7.49. The number of benzene rings is 2. The first-order chi connectivity index (χ1) is 11.3. The Kier molecular flexibility index (Phi) is 5.06. The quantitative estimate of drug-likeness (QED) is 0.727. The van der Waals surface area contributed by atoms with Crippen LogP contribution in [0.3, 0.4) is 0 Å². The van der Waals surface area contributed by atoms with E-state index in [1.807, 2.05) is 78.2 Å². The summed E-state index contributed by atoms with van der Waals surface area (Å²) in [7, 11) is 0. The van der Waals surface area contributed by atoms with Gasteiger partial charge in [-0.3, -0.25) is 4.90 Å². The summed E-state index contributed by atoms with van der Waals surface area (Å²) in [6, 6.07) is 23.7. The van der Waals surface area contributed by atoms with Gasteiger partial charge in [0.05, 0.1) is 13.1 Å². The summed E-state index contributed by atoms with van der Waals surface area (Å²) < 4.78 is 0.